The van der Waals surface area contributed by atoms with Crippen molar-refractivity contribution in [1.82, 2.24) is 14.8 Å². The molecular formula is C34H45F3N4O8S. The minimum Gasteiger partial charge on any atom is -0.462 e. The summed E-state index contributed by atoms with van der Waals surface area (Å²) in [5.74, 6) is 0.708. The Bertz CT molecular complexity index is 1580. The van der Waals surface area contributed by atoms with Crippen LogP contribution in [0.3, 0.4) is 0 Å². The molecule has 0 bridgehead atoms. The molecule has 2 aromatic carbocycles. The van der Waals surface area contributed by atoms with Gasteiger partial charge in [-0.25, -0.2) is 4.98 Å². The molecule has 276 valence electrons. The van der Waals surface area contributed by atoms with Gasteiger partial charge >= 0.3 is 6.18 Å². The normalized spacial score (nSPS) is 24.0. The van der Waals surface area contributed by atoms with Crippen LogP contribution in [0.1, 0.15) is 56.2 Å². The molecule has 3 heterocycles. The number of carbonyl (C=O) groups excluding carboxylic acids is 1. The Balaban J connectivity index is 1.15. The maximum Gasteiger partial charge on any atom is 0.420 e. The van der Waals surface area contributed by atoms with Gasteiger partial charge in [0.05, 0.1) is 13.2 Å². The number of alkyl halides is 3. The Kier molecular flexibility index (Phi) is 12.4. The minimum absolute atomic E-state index is 0.0241. The van der Waals surface area contributed by atoms with Crippen molar-refractivity contribution in [3.05, 3.63) is 47.0 Å². The van der Waals surface area contributed by atoms with Gasteiger partial charge in [0.2, 0.25) is 12.2 Å². The number of anilines is 1. The lowest BCUT2D eigenvalue weighted by Gasteiger charge is -2.39. The topological polar surface area (TPSA) is 161 Å². The van der Waals surface area contributed by atoms with Gasteiger partial charge in [0.1, 0.15) is 41.2 Å². The van der Waals surface area contributed by atoms with Crippen molar-refractivity contribution in [2.45, 2.75) is 81.6 Å². The number of oxazole rings is 1. The molecular weight excluding hydrogens is 681 g/mol. The van der Waals surface area contributed by atoms with Gasteiger partial charge in [0.25, 0.3) is 5.22 Å². The number of benzene rings is 2. The van der Waals surface area contributed by atoms with E-state index in [1.807, 2.05) is 27.7 Å². The summed E-state index contributed by atoms with van der Waals surface area (Å²) in [6.07, 6.45) is -11.6. The van der Waals surface area contributed by atoms with Crippen molar-refractivity contribution >= 4 is 34.5 Å². The molecule has 0 saturated carbocycles. The third-order valence-corrected chi connectivity index (χ3v) is 9.76. The average Bonchev–Trinajstić information content (AvgIpc) is 3.48. The predicted molar refractivity (Wildman–Crippen MR) is 180 cm³/mol. The zero-order valence-electron chi connectivity index (χ0n) is 28.4. The van der Waals surface area contributed by atoms with E-state index in [1.165, 1.54) is 23.9 Å². The van der Waals surface area contributed by atoms with E-state index < -0.39 is 49.1 Å². The number of fused-ring (bicyclic) bond motifs is 1. The molecule has 2 aliphatic heterocycles. The van der Waals surface area contributed by atoms with Gasteiger partial charge in [-0.3, -0.25) is 14.6 Å². The molecule has 12 nitrogen and oxygen atoms in total. The number of para-hydroxylation sites is 1. The van der Waals surface area contributed by atoms with Crippen LogP contribution in [0.25, 0.3) is 11.1 Å². The number of rotatable bonds is 12. The van der Waals surface area contributed by atoms with Gasteiger partial charge in [0.15, 0.2) is 5.58 Å². The van der Waals surface area contributed by atoms with E-state index in [4.69, 9.17) is 13.9 Å². The molecule has 2 saturated heterocycles. The molecule has 0 aliphatic carbocycles. The molecule has 2 aliphatic rings. The number of amides is 1. The SMILES string of the molecule is CC(C)c1cc(O[C@@H]2O[C@H](CO)[C@@H](O)[C@H](O)[C@H]2O)cc(C(C)C)c1NC(=O)CN1CCN(CCSc2nc3cccc(C(F)(F)F)c3o2)CC1. The van der Waals surface area contributed by atoms with Crippen LogP contribution in [-0.4, -0.2) is 123 Å². The number of carbonyl (C=O) groups is 1. The van der Waals surface area contributed by atoms with Crippen molar-refractivity contribution in [2.24, 2.45) is 0 Å². The highest BCUT2D eigenvalue weighted by atomic mass is 32.2. The minimum atomic E-state index is -4.52. The maximum absolute atomic E-state index is 13.4. The van der Waals surface area contributed by atoms with Gasteiger partial charge in [-0.2, -0.15) is 13.2 Å². The van der Waals surface area contributed by atoms with Crippen LogP contribution in [0.4, 0.5) is 18.9 Å². The number of nitrogens with zero attached hydrogens (tertiary/aromatic N) is 3. The van der Waals surface area contributed by atoms with Gasteiger partial charge in [-0.15, -0.1) is 0 Å². The quantitative estimate of drug-likeness (QED) is 0.173. The smallest absolute Gasteiger partial charge is 0.420 e. The summed E-state index contributed by atoms with van der Waals surface area (Å²) in [6.45, 7) is 11.0. The van der Waals surface area contributed by atoms with Crippen LogP contribution in [0.5, 0.6) is 5.75 Å². The largest absolute Gasteiger partial charge is 0.462 e. The Labute approximate surface area is 292 Å². The van der Waals surface area contributed by atoms with E-state index in [0.29, 0.717) is 36.8 Å². The van der Waals surface area contributed by atoms with E-state index in [0.717, 1.165) is 30.3 Å². The Morgan fingerprint density at radius 3 is 2.26 bits per heavy atom. The number of aliphatic hydroxyl groups excluding tert-OH is 4. The first-order valence-electron chi connectivity index (χ1n) is 16.6. The molecule has 50 heavy (non-hydrogen) atoms. The van der Waals surface area contributed by atoms with E-state index in [9.17, 15) is 38.4 Å². The van der Waals surface area contributed by atoms with Crippen LogP contribution >= 0.6 is 11.8 Å². The predicted octanol–water partition coefficient (Wildman–Crippen LogP) is 3.62. The van der Waals surface area contributed by atoms with E-state index in [1.54, 1.807) is 12.1 Å². The molecule has 5 atom stereocenters. The Morgan fingerprint density at radius 2 is 1.66 bits per heavy atom. The highest BCUT2D eigenvalue weighted by molar-refractivity contribution is 7.99. The van der Waals surface area contributed by atoms with Crippen LogP contribution in [0, 0.1) is 0 Å². The summed E-state index contributed by atoms with van der Waals surface area (Å²) in [6, 6.07) is 7.30. The lowest BCUT2D eigenvalue weighted by atomic mass is 9.92. The second kappa shape index (κ2) is 16.2. The number of hydrogen-bond acceptors (Lipinski definition) is 12. The molecule has 5 N–H and O–H groups in total. The van der Waals surface area contributed by atoms with Crippen LogP contribution in [-0.2, 0) is 15.7 Å². The molecule has 0 spiro atoms. The Morgan fingerprint density at radius 1 is 1.02 bits per heavy atom. The number of thioether (sulfide) groups is 1. The molecule has 16 heteroatoms. The standard InChI is InChI=1S/C34H45F3N4O8S/c1-18(2)21-14-20(47-32-30(46)29(45)28(44)25(17-42)48-32)15-22(19(3)4)27(21)39-26(43)16-41-10-8-40(9-11-41)12-13-50-33-38-24-7-5-6-23(31(24)49-33)34(35,36)37/h5-7,14-15,18-19,25,28-30,32,42,44-46H,8-13,16-17H2,1-4H3,(H,39,43)/t25-,28-,29+,30-,32-/m1/s1. The molecule has 5 rings (SSSR count). The van der Waals surface area contributed by atoms with Crippen LogP contribution in [0.2, 0.25) is 0 Å². The fraction of sp³-hybridized carbons (Fsp3) is 0.588. The summed E-state index contributed by atoms with van der Waals surface area (Å²) >= 11 is 1.27. The van der Waals surface area contributed by atoms with Crippen molar-refractivity contribution < 1.29 is 52.3 Å². The molecule has 0 unspecified atom stereocenters. The van der Waals surface area contributed by atoms with E-state index in [-0.39, 0.29) is 40.6 Å². The van der Waals surface area contributed by atoms with Crippen molar-refractivity contribution in [3.8, 4) is 5.75 Å². The lowest BCUT2D eigenvalue weighted by molar-refractivity contribution is -0.277. The molecule has 2 fully saturated rings. The van der Waals surface area contributed by atoms with Crippen LogP contribution in [0.15, 0.2) is 40.0 Å². The molecule has 1 amide bonds. The number of hydrogen-bond donors (Lipinski definition) is 5. The van der Waals surface area contributed by atoms with E-state index >= 15 is 0 Å². The second-order valence-electron chi connectivity index (χ2n) is 13.2. The third-order valence-electron chi connectivity index (χ3n) is 8.95. The third kappa shape index (κ3) is 8.91. The number of halogens is 3. The molecule has 0 radical (unpaired) electrons. The highest BCUT2D eigenvalue weighted by Gasteiger charge is 2.45. The summed E-state index contributed by atoms with van der Waals surface area (Å²) < 4.78 is 56.9. The lowest BCUT2D eigenvalue weighted by Crippen LogP contribution is -2.60. The number of aromatic nitrogens is 1. The van der Waals surface area contributed by atoms with Gasteiger partial charge in [-0.1, -0.05) is 45.5 Å². The van der Waals surface area contributed by atoms with Gasteiger partial charge < -0.3 is 39.6 Å². The molecule has 3 aromatic rings. The number of piperazine rings is 1. The van der Waals surface area contributed by atoms with Gasteiger partial charge in [0, 0.05) is 44.2 Å². The zero-order chi connectivity index (χ0) is 36.3. The number of nitrogens with one attached hydrogen (secondary N) is 1. The second-order valence-corrected chi connectivity index (χ2v) is 14.3. The van der Waals surface area contributed by atoms with Crippen LogP contribution < -0.4 is 10.1 Å². The summed E-state index contributed by atoms with van der Waals surface area (Å²) in [7, 11) is 0. The monoisotopic (exact) mass is 726 g/mol. The summed E-state index contributed by atoms with van der Waals surface area (Å²) in [5, 5.41) is 43.7. The first kappa shape index (κ1) is 38.3. The van der Waals surface area contributed by atoms with Crippen molar-refractivity contribution in [1.29, 1.82) is 0 Å². The maximum atomic E-state index is 13.4. The molecule has 1 aromatic heterocycles. The first-order valence-corrected chi connectivity index (χ1v) is 17.6. The highest BCUT2D eigenvalue weighted by Crippen LogP contribution is 2.38. The fourth-order valence-electron chi connectivity index (χ4n) is 6.11. The van der Waals surface area contributed by atoms with Crippen molar-refractivity contribution in [2.75, 3.05) is 56.9 Å². The van der Waals surface area contributed by atoms with E-state index in [2.05, 4.69) is 20.1 Å². The van der Waals surface area contributed by atoms with Crippen molar-refractivity contribution in [3.63, 3.8) is 0 Å². The number of aliphatic hydroxyl groups is 4. The summed E-state index contributed by atoms with van der Waals surface area (Å²) in [4.78, 5) is 21.9. The summed E-state index contributed by atoms with van der Waals surface area (Å²) in [5.41, 5.74) is 1.37. The number of ether oxygens (including phenoxy) is 2. The Hall–Kier alpha value is -2.96. The fourth-order valence-corrected chi connectivity index (χ4v) is 6.94. The van der Waals surface area contributed by atoms with Gasteiger partial charge in [-0.05, 0) is 47.2 Å². The zero-order valence-corrected chi connectivity index (χ0v) is 29.2. The average molecular weight is 727 g/mol. The first-order chi connectivity index (χ1) is 23.7.